The van der Waals surface area contributed by atoms with Crippen LogP contribution in [0.5, 0.6) is 0 Å². The van der Waals surface area contributed by atoms with Crippen LogP contribution >= 0.6 is 0 Å². The van der Waals surface area contributed by atoms with E-state index >= 15 is 0 Å². The first-order valence-corrected chi connectivity index (χ1v) is 6.24. The minimum Gasteiger partial charge on any atom is -0.391 e. The molecule has 0 aromatic carbocycles. The third-order valence-corrected chi connectivity index (χ3v) is 3.08. The fraction of sp³-hybridized carbons (Fsp3) is 0.818. The van der Waals surface area contributed by atoms with Gasteiger partial charge in [0.2, 0.25) is 11.9 Å². The molecule has 1 aliphatic rings. The molecule has 1 aliphatic carbocycles. The van der Waals surface area contributed by atoms with E-state index in [1.165, 1.54) is 0 Å². The van der Waals surface area contributed by atoms with Gasteiger partial charge in [0.25, 0.3) is 0 Å². The lowest BCUT2D eigenvalue weighted by atomic mass is 9.93. The summed E-state index contributed by atoms with van der Waals surface area (Å²) >= 11 is 0. The predicted octanol–water partition coefficient (Wildman–Crippen LogP) is 1.16. The third kappa shape index (κ3) is 2.69. The summed E-state index contributed by atoms with van der Waals surface area (Å²) in [5.41, 5.74) is 5.85. The quantitative estimate of drug-likeness (QED) is 0.736. The molecule has 0 saturated heterocycles. The van der Waals surface area contributed by atoms with Gasteiger partial charge in [-0.05, 0) is 26.7 Å². The van der Waals surface area contributed by atoms with Crippen molar-refractivity contribution in [3.63, 3.8) is 0 Å². The van der Waals surface area contributed by atoms with Crippen LogP contribution in [0.4, 0.5) is 11.9 Å². The van der Waals surface area contributed by atoms with Gasteiger partial charge in [-0.25, -0.2) is 4.68 Å². The Labute approximate surface area is 101 Å². The van der Waals surface area contributed by atoms with Crippen LogP contribution in [0.15, 0.2) is 0 Å². The maximum atomic E-state index is 9.97. The van der Waals surface area contributed by atoms with Gasteiger partial charge < -0.3 is 16.2 Å². The lowest BCUT2D eigenvalue weighted by Crippen LogP contribution is -2.29. The number of nitrogens with zero attached hydrogens (tertiary/aromatic N) is 3. The summed E-state index contributed by atoms with van der Waals surface area (Å²) in [5.74, 6) is 0.911. The number of nitrogens with two attached hydrogens (primary N) is 1. The fourth-order valence-electron chi connectivity index (χ4n) is 2.28. The van der Waals surface area contributed by atoms with E-state index in [1.807, 2.05) is 13.8 Å². The van der Waals surface area contributed by atoms with Crippen molar-refractivity contribution in [2.45, 2.75) is 57.7 Å². The van der Waals surface area contributed by atoms with Crippen molar-refractivity contribution in [3.05, 3.63) is 0 Å². The number of aliphatic hydroxyl groups excluding tert-OH is 1. The highest BCUT2D eigenvalue weighted by atomic mass is 16.3. The first-order chi connectivity index (χ1) is 8.08. The van der Waals surface area contributed by atoms with E-state index in [2.05, 4.69) is 15.4 Å². The van der Waals surface area contributed by atoms with Crippen LogP contribution in [0.1, 0.15) is 45.6 Å². The molecule has 1 aromatic heterocycles. The Balaban J connectivity index is 2.16. The van der Waals surface area contributed by atoms with Crippen LogP contribution in [-0.4, -0.2) is 32.0 Å². The van der Waals surface area contributed by atoms with Gasteiger partial charge in [-0.2, -0.15) is 4.98 Å². The Morgan fingerprint density at radius 1 is 1.41 bits per heavy atom. The zero-order valence-electron chi connectivity index (χ0n) is 10.4. The molecule has 0 amide bonds. The maximum Gasteiger partial charge on any atom is 0.244 e. The van der Waals surface area contributed by atoms with E-state index in [0.717, 1.165) is 25.7 Å². The molecule has 2 atom stereocenters. The highest BCUT2D eigenvalue weighted by Gasteiger charge is 2.27. The van der Waals surface area contributed by atoms with Gasteiger partial charge in [0.1, 0.15) is 0 Å². The highest BCUT2D eigenvalue weighted by molar-refractivity contribution is 5.32. The number of hydrogen-bond acceptors (Lipinski definition) is 5. The van der Waals surface area contributed by atoms with Crippen molar-refractivity contribution in [2.75, 3.05) is 11.1 Å². The first kappa shape index (κ1) is 12.2. The standard InChI is InChI=1S/C11H21N5O/c1-7(2)13-11-14-10(12)16(15-11)8-5-3-4-6-9(8)17/h7-9,17H,3-6H2,1-2H3,(H3,12,13,14,15). The third-order valence-electron chi connectivity index (χ3n) is 3.08. The molecule has 1 aromatic rings. The molecular formula is C11H21N5O. The summed E-state index contributed by atoms with van der Waals surface area (Å²) in [6.07, 6.45) is 3.55. The number of aromatic nitrogens is 3. The fourth-order valence-corrected chi connectivity index (χ4v) is 2.28. The Morgan fingerprint density at radius 3 is 2.76 bits per heavy atom. The van der Waals surface area contributed by atoms with Gasteiger partial charge in [-0.1, -0.05) is 12.8 Å². The van der Waals surface area contributed by atoms with Crippen molar-refractivity contribution in [1.29, 1.82) is 0 Å². The molecule has 17 heavy (non-hydrogen) atoms. The van der Waals surface area contributed by atoms with Crippen LogP contribution in [0, 0.1) is 0 Å². The summed E-state index contributed by atoms with van der Waals surface area (Å²) < 4.78 is 1.66. The number of aliphatic hydroxyl groups is 1. The van der Waals surface area contributed by atoms with Crippen LogP contribution in [0.25, 0.3) is 0 Å². The Kier molecular flexibility index (Phi) is 3.51. The molecule has 6 heteroatoms. The molecule has 6 nitrogen and oxygen atoms in total. The average molecular weight is 239 g/mol. The van der Waals surface area contributed by atoms with Gasteiger partial charge in [-0.15, -0.1) is 5.10 Å². The average Bonchev–Trinajstić information content (AvgIpc) is 2.59. The molecule has 0 radical (unpaired) electrons. The predicted molar refractivity (Wildman–Crippen MR) is 66.7 cm³/mol. The number of nitrogen functional groups attached to an aromatic ring is 1. The number of rotatable bonds is 3. The maximum absolute atomic E-state index is 9.97. The molecule has 1 heterocycles. The highest BCUT2D eigenvalue weighted by Crippen LogP contribution is 2.29. The monoisotopic (exact) mass is 239 g/mol. The Hall–Kier alpha value is -1.30. The lowest BCUT2D eigenvalue weighted by Gasteiger charge is -2.27. The second kappa shape index (κ2) is 4.91. The van der Waals surface area contributed by atoms with E-state index in [9.17, 15) is 5.11 Å². The largest absolute Gasteiger partial charge is 0.391 e. The van der Waals surface area contributed by atoms with Gasteiger partial charge in [0, 0.05) is 6.04 Å². The van der Waals surface area contributed by atoms with Crippen molar-refractivity contribution >= 4 is 11.9 Å². The van der Waals surface area contributed by atoms with Crippen molar-refractivity contribution in [3.8, 4) is 0 Å². The van der Waals surface area contributed by atoms with Gasteiger partial charge in [-0.3, -0.25) is 0 Å². The van der Waals surface area contributed by atoms with Crippen molar-refractivity contribution in [2.24, 2.45) is 0 Å². The zero-order chi connectivity index (χ0) is 12.4. The molecule has 0 bridgehead atoms. The molecule has 2 rings (SSSR count). The summed E-state index contributed by atoms with van der Waals surface area (Å²) in [4.78, 5) is 4.17. The molecule has 0 spiro atoms. The van der Waals surface area contributed by atoms with E-state index in [0.29, 0.717) is 11.9 Å². The minimum absolute atomic E-state index is 0.0287. The normalized spacial score (nSPS) is 25.2. The molecule has 4 N–H and O–H groups in total. The Bertz CT molecular complexity index is 376. The molecular weight excluding hydrogens is 218 g/mol. The molecule has 2 unspecified atom stereocenters. The van der Waals surface area contributed by atoms with Crippen molar-refractivity contribution < 1.29 is 5.11 Å². The van der Waals surface area contributed by atoms with Gasteiger partial charge >= 0.3 is 0 Å². The van der Waals surface area contributed by atoms with E-state index in [-0.39, 0.29) is 18.2 Å². The second-order valence-corrected chi connectivity index (χ2v) is 4.96. The summed E-state index contributed by atoms with van der Waals surface area (Å²) in [5, 5.41) is 17.4. The second-order valence-electron chi connectivity index (χ2n) is 4.96. The topological polar surface area (TPSA) is 89.0 Å². The van der Waals surface area contributed by atoms with Crippen LogP contribution < -0.4 is 11.1 Å². The van der Waals surface area contributed by atoms with Gasteiger partial charge in [0.05, 0.1) is 12.1 Å². The van der Waals surface area contributed by atoms with E-state index < -0.39 is 0 Å². The van der Waals surface area contributed by atoms with E-state index in [1.54, 1.807) is 4.68 Å². The van der Waals surface area contributed by atoms with E-state index in [4.69, 9.17) is 5.73 Å². The smallest absolute Gasteiger partial charge is 0.244 e. The van der Waals surface area contributed by atoms with Crippen LogP contribution in [0.2, 0.25) is 0 Å². The number of hydrogen-bond donors (Lipinski definition) is 3. The number of nitrogens with one attached hydrogen (secondary N) is 1. The molecule has 96 valence electrons. The minimum atomic E-state index is -0.361. The zero-order valence-corrected chi connectivity index (χ0v) is 10.4. The summed E-state index contributed by atoms with van der Waals surface area (Å²) in [6, 6.07) is 0.237. The first-order valence-electron chi connectivity index (χ1n) is 6.24. The Morgan fingerprint density at radius 2 is 2.12 bits per heavy atom. The summed E-state index contributed by atoms with van der Waals surface area (Å²) in [7, 11) is 0. The molecule has 0 aliphatic heterocycles. The van der Waals surface area contributed by atoms with Crippen molar-refractivity contribution in [1.82, 2.24) is 14.8 Å². The molecule has 1 fully saturated rings. The molecule has 1 saturated carbocycles. The SMILES string of the molecule is CC(C)Nc1nc(N)n(C2CCCCC2O)n1. The lowest BCUT2D eigenvalue weighted by molar-refractivity contribution is 0.0706. The van der Waals surface area contributed by atoms with Crippen LogP contribution in [-0.2, 0) is 0 Å². The number of anilines is 2. The summed E-state index contributed by atoms with van der Waals surface area (Å²) in [6.45, 7) is 4.04. The van der Waals surface area contributed by atoms with Crippen LogP contribution in [0.3, 0.4) is 0 Å². The van der Waals surface area contributed by atoms with Gasteiger partial charge in [0.15, 0.2) is 0 Å².